The zero-order valence-corrected chi connectivity index (χ0v) is 10.6. The Bertz CT molecular complexity index is 715. The average molecular weight is 262 g/mol. The lowest BCUT2D eigenvalue weighted by molar-refractivity contribution is 0.185. The van der Waals surface area contributed by atoms with Gasteiger partial charge >= 0.3 is 5.69 Å². The number of hydrogen-bond acceptors (Lipinski definition) is 4. The van der Waals surface area contributed by atoms with E-state index < -0.39 is 11.2 Å². The molecule has 1 aromatic heterocycles. The average Bonchev–Trinajstić information content (AvgIpc) is 2.37. The predicted molar refractivity (Wildman–Crippen MR) is 69.8 cm³/mol. The molecule has 2 rings (SSSR count). The molecule has 100 valence electrons. The lowest BCUT2D eigenvalue weighted by Crippen LogP contribution is -2.30. The molecule has 6 heteroatoms. The van der Waals surface area contributed by atoms with Gasteiger partial charge in [-0.3, -0.25) is 9.78 Å². The molecule has 0 fully saturated rings. The number of H-pyrrole nitrogens is 1. The molecule has 0 saturated heterocycles. The van der Waals surface area contributed by atoms with Gasteiger partial charge in [-0.2, -0.15) is 0 Å². The summed E-state index contributed by atoms with van der Waals surface area (Å²) in [6, 6.07) is 6.96. The molecule has 0 aliphatic carbocycles. The topological polar surface area (TPSA) is 84.3 Å². The van der Waals surface area contributed by atoms with Crippen molar-refractivity contribution in [2.45, 2.75) is 13.5 Å². The Balaban J connectivity index is 2.66. The van der Waals surface area contributed by atoms with Gasteiger partial charge in [-0.15, -0.1) is 0 Å². The highest BCUT2D eigenvalue weighted by Gasteiger charge is 2.12. The Morgan fingerprint density at radius 2 is 2.11 bits per heavy atom. The van der Waals surface area contributed by atoms with Crippen LogP contribution in [0.3, 0.4) is 0 Å². The summed E-state index contributed by atoms with van der Waals surface area (Å²) >= 11 is 0. The molecule has 1 aromatic carbocycles. The van der Waals surface area contributed by atoms with Crippen molar-refractivity contribution in [1.82, 2.24) is 9.55 Å². The second-order valence-electron chi connectivity index (χ2n) is 4.15. The van der Waals surface area contributed by atoms with E-state index in [9.17, 15) is 14.7 Å². The molecular formula is C13H14N2O4. The standard InChI is InChI=1S/C13H14N2O4/c1-8-11(16)14-13(18)15(12(8)17)10-5-3-4-9(6-10)7-19-2/h3-6,17H,7H2,1-2H3,(H,14,16,18). The van der Waals surface area contributed by atoms with Gasteiger partial charge in [0.05, 0.1) is 17.9 Å². The molecule has 0 aliphatic heterocycles. The molecule has 0 aliphatic rings. The second kappa shape index (κ2) is 5.11. The molecule has 0 bridgehead atoms. The van der Waals surface area contributed by atoms with Gasteiger partial charge in [-0.1, -0.05) is 12.1 Å². The molecule has 0 spiro atoms. The molecule has 0 amide bonds. The Morgan fingerprint density at radius 1 is 1.37 bits per heavy atom. The van der Waals surface area contributed by atoms with Crippen LogP contribution in [0, 0.1) is 6.92 Å². The molecule has 2 aromatic rings. The monoisotopic (exact) mass is 262 g/mol. The minimum Gasteiger partial charge on any atom is -0.494 e. The van der Waals surface area contributed by atoms with Crippen molar-refractivity contribution in [1.29, 1.82) is 0 Å². The van der Waals surface area contributed by atoms with E-state index in [0.29, 0.717) is 12.3 Å². The Kier molecular flexibility index (Phi) is 3.52. The fraction of sp³-hybridized carbons (Fsp3) is 0.231. The fourth-order valence-electron chi connectivity index (χ4n) is 1.80. The number of aromatic nitrogens is 2. The summed E-state index contributed by atoms with van der Waals surface area (Å²) in [5.41, 5.74) is 0.151. The number of nitrogens with zero attached hydrogens (tertiary/aromatic N) is 1. The van der Waals surface area contributed by atoms with Gasteiger partial charge in [-0.25, -0.2) is 9.36 Å². The van der Waals surface area contributed by atoms with E-state index in [0.717, 1.165) is 10.1 Å². The minimum absolute atomic E-state index is 0.0942. The zero-order chi connectivity index (χ0) is 14.0. The maximum Gasteiger partial charge on any atom is 0.335 e. The lowest BCUT2D eigenvalue weighted by atomic mass is 10.2. The highest BCUT2D eigenvalue weighted by Crippen LogP contribution is 2.16. The van der Waals surface area contributed by atoms with Crippen molar-refractivity contribution in [2.24, 2.45) is 0 Å². The van der Waals surface area contributed by atoms with Crippen molar-refractivity contribution in [3.05, 3.63) is 56.2 Å². The number of rotatable bonds is 3. The van der Waals surface area contributed by atoms with Crippen LogP contribution >= 0.6 is 0 Å². The first-order chi connectivity index (χ1) is 9.04. The molecule has 6 nitrogen and oxygen atoms in total. The van der Waals surface area contributed by atoms with Crippen molar-refractivity contribution in [2.75, 3.05) is 7.11 Å². The van der Waals surface area contributed by atoms with E-state index in [1.54, 1.807) is 25.3 Å². The van der Waals surface area contributed by atoms with Gasteiger partial charge in [0.2, 0.25) is 5.88 Å². The minimum atomic E-state index is -0.678. The van der Waals surface area contributed by atoms with E-state index in [1.807, 2.05) is 6.07 Å². The molecular weight excluding hydrogens is 248 g/mol. The van der Waals surface area contributed by atoms with Crippen LogP contribution in [0.1, 0.15) is 11.1 Å². The van der Waals surface area contributed by atoms with Crippen LogP contribution in [-0.2, 0) is 11.3 Å². The van der Waals surface area contributed by atoms with Crippen molar-refractivity contribution in [3.8, 4) is 11.6 Å². The van der Waals surface area contributed by atoms with Crippen LogP contribution in [0.2, 0.25) is 0 Å². The Morgan fingerprint density at radius 3 is 2.79 bits per heavy atom. The van der Waals surface area contributed by atoms with E-state index in [1.165, 1.54) is 6.92 Å². The third-order valence-electron chi connectivity index (χ3n) is 2.79. The first-order valence-corrected chi connectivity index (χ1v) is 5.67. The van der Waals surface area contributed by atoms with Crippen LogP contribution < -0.4 is 11.2 Å². The number of hydrogen-bond donors (Lipinski definition) is 2. The van der Waals surface area contributed by atoms with Crippen LogP contribution in [0.25, 0.3) is 5.69 Å². The smallest absolute Gasteiger partial charge is 0.335 e. The van der Waals surface area contributed by atoms with Crippen LogP contribution in [0.5, 0.6) is 5.88 Å². The van der Waals surface area contributed by atoms with Crippen LogP contribution in [0.15, 0.2) is 33.9 Å². The molecule has 0 saturated carbocycles. The maximum atomic E-state index is 11.8. The largest absolute Gasteiger partial charge is 0.494 e. The molecule has 0 unspecified atom stereocenters. The summed E-state index contributed by atoms with van der Waals surface area (Å²) in [7, 11) is 1.57. The first kappa shape index (κ1) is 13.1. The quantitative estimate of drug-likeness (QED) is 0.852. The van der Waals surface area contributed by atoms with Crippen LogP contribution in [0.4, 0.5) is 0 Å². The highest BCUT2D eigenvalue weighted by atomic mass is 16.5. The van der Waals surface area contributed by atoms with Gasteiger partial charge in [0.25, 0.3) is 5.56 Å². The zero-order valence-electron chi connectivity index (χ0n) is 10.6. The molecule has 19 heavy (non-hydrogen) atoms. The van der Waals surface area contributed by atoms with Gasteiger partial charge < -0.3 is 9.84 Å². The SMILES string of the molecule is COCc1cccc(-n2c(O)c(C)c(=O)[nH]c2=O)c1. The Hall–Kier alpha value is -2.34. The summed E-state index contributed by atoms with van der Waals surface area (Å²) in [6.45, 7) is 1.84. The summed E-state index contributed by atoms with van der Waals surface area (Å²) in [5, 5.41) is 9.95. The third kappa shape index (κ3) is 2.43. The number of aromatic hydroxyl groups is 1. The van der Waals surface area contributed by atoms with Crippen molar-refractivity contribution < 1.29 is 9.84 Å². The van der Waals surface area contributed by atoms with Gasteiger partial charge in [-0.05, 0) is 24.6 Å². The summed E-state index contributed by atoms with van der Waals surface area (Å²) < 4.78 is 6.07. The third-order valence-corrected chi connectivity index (χ3v) is 2.79. The predicted octanol–water partition coefficient (Wildman–Crippen LogP) is 0.686. The van der Waals surface area contributed by atoms with Crippen LogP contribution in [-0.4, -0.2) is 21.8 Å². The van der Waals surface area contributed by atoms with Crippen molar-refractivity contribution in [3.63, 3.8) is 0 Å². The fourth-order valence-corrected chi connectivity index (χ4v) is 1.80. The van der Waals surface area contributed by atoms with Crippen molar-refractivity contribution >= 4 is 0 Å². The lowest BCUT2D eigenvalue weighted by Gasteiger charge is -2.10. The van der Waals surface area contributed by atoms with Gasteiger partial charge in [0, 0.05) is 7.11 Å². The number of benzene rings is 1. The Labute approximate surface area is 108 Å². The first-order valence-electron chi connectivity index (χ1n) is 5.67. The molecule has 1 heterocycles. The van der Waals surface area contributed by atoms with E-state index in [-0.39, 0.29) is 11.4 Å². The van der Waals surface area contributed by atoms with E-state index >= 15 is 0 Å². The number of methoxy groups -OCH3 is 1. The summed E-state index contributed by atoms with van der Waals surface area (Å²) in [6.07, 6.45) is 0. The molecule has 2 N–H and O–H groups in total. The normalized spacial score (nSPS) is 10.6. The summed E-state index contributed by atoms with van der Waals surface area (Å²) in [5.74, 6) is -0.358. The molecule has 0 atom stereocenters. The van der Waals surface area contributed by atoms with E-state index in [2.05, 4.69) is 4.98 Å². The number of aromatic amines is 1. The van der Waals surface area contributed by atoms with Gasteiger partial charge in [0.1, 0.15) is 0 Å². The summed E-state index contributed by atoms with van der Waals surface area (Å²) in [4.78, 5) is 25.3. The van der Waals surface area contributed by atoms with Gasteiger partial charge in [0.15, 0.2) is 0 Å². The number of ether oxygens (including phenoxy) is 1. The van der Waals surface area contributed by atoms with E-state index in [4.69, 9.17) is 4.74 Å². The molecule has 0 radical (unpaired) electrons. The number of nitrogens with one attached hydrogen (secondary N) is 1. The highest BCUT2D eigenvalue weighted by molar-refractivity contribution is 5.40. The maximum absolute atomic E-state index is 11.8. The second-order valence-corrected chi connectivity index (χ2v) is 4.15.